The first-order chi connectivity index (χ1) is 16.7. The highest BCUT2D eigenvalue weighted by Crippen LogP contribution is 2.13. The van der Waals surface area contributed by atoms with Gasteiger partial charge in [0.05, 0.1) is 19.8 Å². The van der Waals surface area contributed by atoms with Gasteiger partial charge >= 0.3 is 23.9 Å². The van der Waals surface area contributed by atoms with Crippen LogP contribution in [0.5, 0.6) is 0 Å². The van der Waals surface area contributed by atoms with E-state index in [0.29, 0.717) is 19.6 Å². The molecule has 0 bridgehead atoms. The molecule has 0 heterocycles. The molecule has 35 heavy (non-hydrogen) atoms. The lowest BCUT2D eigenvalue weighted by atomic mass is 10.2. The minimum atomic E-state index is -1.44. The van der Waals surface area contributed by atoms with E-state index in [1.807, 2.05) is 6.92 Å². The van der Waals surface area contributed by atoms with Crippen LogP contribution in [0.2, 0.25) is 0 Å². The molecular formula is C23H38O11S. The second-order valence-corrected chi connectivity index (χ2v) is 8.64. The van der Waals surface area contributed by atoms with Crippen molar-refractivity contribution in [1.82, 2.24) is 0 Å². The molecule has 0 radical (unpaired) electrons. The molecule has 0 aliphatic rings. The summed E-state index contributed by atoms with van der Waals surface area (Å²) >= 11 is 1.68. The summed E-state index contributed by atoms with van der Waals surface area (Å²) in [5.74, 6) is -2.06. The van der Waals surface area contributed by atoms with Crippen LogP contribution in [-0.4, -0.2) is 98.4 Å². The largest absolute Gasteiger partial charge is 0.460 e. The summed E-state index contributed by atoms with van der Waals surface area (Å²) in [6.07, 6.45) is -3.35. The molecule has 0 rings (SSSR count). The van der Waals surface area contributed by atoms with Gasteiger partial charge in [0.25, 0.3) is 0 Å². The van der Waals surface area contributed by atoms with Gasteiger partial charge in [-0.2, -0.15) is 11.8 Å². The van der Waals surface area contributed by atoms with Crippen molar-refractivity contribution in [3.05, 3.63) is 12.7 Å². The van der Waals surface area contributed by atoms with Gasteiger partial charge in [-0.3, -0.25) is 0 Å². The molecule has 4 unspecified atom stereocenters. The van der Waals surface area contributed by atoms with Crippen molar-refractivity contribution in [2.45, 2.75) is 64.4 Å². The molecule has 0 aromatic heterocycles. The Morgan fingerprint density at radius 2 is 1.57 bits per heavy atom. The Labute approximate surface area is 210 Å². The van der Waals surface area contributed by atoms with E-state index in [9.17, 15) is 24.3 Å². The predicted molar refractivity (Wildman–Crippen MR) is 128 cm³/mol. The first-order valence-corrected chi connectivity index (χ1v) is 12.5. The highest BCUT2D eigenvalue weighted by Gasteiger charge is 2.32. The SMILES string of the molecule is C=CCC(OC(=O)C(C)O)C(=O)OC(C)C(=O)OC(CCCSCC)C(=O)OCCOCCOC. The highest BCUT2D eigenvalue weighted by atomic mass is 32.2. The van der Waals surface area contributed by atoms with E-state index in [0.717, 1.165) is 11.5 Å². The van der Waals surface area contributed by atoms with Gasteiger partial charge < -0.3 is 33.5 Å². The van der Waals surface area contributed by atoms with Crippen LogP contribution in [-0.2, 0) is 47.6 Å². The fraction of sp³-hybridized carbons (Fsp3) is 0.739. The maximum atomic E-state index is 12.5. The fourth-order valence-electron chi connectivity index (χ4n) is 2.40. The van der Waals surface area contributed by atoms with Crippen LogP contribution in [0, 0.1) is 0 Å². The van der Waals surface area contributed by atoms with Gasteiger partial charge in [0.15, 0.2) is 12.2 Å². The number of thioether (sulfide) groups is 1. The molecule has 0 spiro atoms. The van der Waals surface area contributed by atoms with Crippen LogP contribution in [0.3, 0.4) is 0 Å². The number of rotatable bonds is 20. The molecule has 0 saturated heterocycles. The maximum absolute atomic E-state index is 12.5. The van der Waals surface area contributed by atoms with E-state index >= 15 is 0 Å². The molecule has 0 aromatic rings. The standard InChI is InChI=1S/C23H38O11S/c1-6-9-18(33-20(25)16(3)24)23(28)32-17(4)21(26)34-19(10-8-15-35-7-2)22(27)31-14-13-30-12-11-29-5/h6,16-19,24H,1,7-15H2,2-5H3. The summed E-state index contributed by atoms with van der Waals surface area (Å²) in [5, 5.41) is 9.28. The van der Waals surface area contributed by atoms with Crippen LogP contribution in [0.1, 0.15) is 40.0 Å². The minimum Gasteiger partial charge on any atom is -0.460 e. The van der Waals surface area contributed by atoms with Gasteiger partial charge in [-0.15, -0.1) is 6.58 Å². The van der Waals surface area contributed by atoms with E-state index in [1.165, 1.54) is 19.9 Å². The Morgan fingerprint density at radius 1 is 0.914 bits per heavy atom. The second-order valence-electron chi connectivity index (χ2n) is 7.24. The Bertz CT molecular complexity index is 653. The molecule has 0 amide bonds. The maximum Gasteiger partial charge on any atom is 0.348 e. The van der Waals surface area contributed by atoms with E-state index in [1.54, 1.807) is 18.9 Å². The zero-order chi connectivity index (χ0) is 26.6. The van der Waals surface area contributed by atoms with Crippen LogP contribution < -0.4 is 0 Å². The van der Waals surface area contributed by atoms with Crippen molar-refractivity contribution >= 4 is 35.6 Å². The molecule has 11 nitrogen and oxygen atoms in total. The number of carbonyl (C=O) groups is 4. The zero-order valence-corrected chi connectivity index (χ0v) is 21.7. The summed E-state index contributed by atoms with van der Waals surface area (Å²) in [6.45, 7) is 8.82. The molecule has 4 atom stereocenters. The van der Waals surface area contributed by atoms with Crippen molar-refractivity contribution in [2.24, 2.45) is 0 Å². The van der Waals surface area contributed by atoms with Crippen molar-refractivity contribution in [3.63, 3.8) is 0 Å². The third-order valence-corrected chi connectivity index (χ3v) is 5.24. The van der Waals surface area contributed by atoms with Gasteiger partial charge in [-0.1, -0.05) is 13.0 Å². The third-order valence-electron chi connectivity index (χ3n) is 4.25. The fourth-order valence-corrected chi connectivity index (χ4v) is 3.05. The average molecular weight is 523 g/mol. The number of hydrogen-bond acceptors (Lipinski definition) is 12. The quantitative estimate of drug-likeness (QED) is 0.107. The van der Waals surface area contributed by atoms with Crippen LogP contribution >= 0.6 is 11.8 Å². The first kappa shape index (κ1) is 32.8. The lowest BCUT2D eigenvalue weighted by Crippen LogP contribution is -2.38. The Morgan fingerprint density at radius 3 is 2.17 bits per heavy atom. The molecule has 1 N–H and O–H groups in total. The van der Waals surface area contributed by atoms with Crippen molar-refractivity contribution in [3.8, 4) is 0 Å². The monoisotopic (exact) mass is 522 g/mol. The van der Waals surface area contributed by atoms with Gasteiger partial charge in [-0.05, 0) is 38.2 Å². The van der Waals surface area contributed by atoms with E-state index in [4.69, 9.17) is 28.4 Å². The van der Waals surface area contributed by atoms with E-state index in [2.05, 4.69) is 6.58 Å². The van der Waals surface area contributed by atoms with Crippen molar-refractivity contribution in [2.75, 3.05) is 45.0 Å². The van der Waals surface area contributed by atoms with Gasteiger partial charge in [0.1, 0.15) is 12.7 Å². The van der Waals surface area contributed by atoms with E-state index < -0.39 is 48.3 Å². The smallest absolute Gasteiger partial charge is 0.348 e. The molecule has 0 aromatic carbocycles. The third kappa shape index (κ3) is 15.5. The lowest BCUT2D eigenvalue weighted by molar-refractivity contribution is -0.185. The first-order valence-electron chi connectivity index (χ1n) is 11.4. The summed E-state index contributed by atoms with van der Waals surface area (Å²) < 4.78 is 30.5. The Hall–Kier alpha value is -2.15. The second kappa shape index (κ2) is 20.1. The number of ether oxygens (including phenoxy) is 6. The molecule has 202 valence electrons. The van der Waals surface area contributed by atoms with Crippen LogP contribution in [0.4, 0.5) is 0 Å². The number of esters is 4. The average Bonchev–Trinajstić information content (AvgIpc) is 2.82. The lowest BCUT2D eigenvalue weighted by Gasteiger charge is -2.21. The van der Waals surface area contributed by atoms with Gasteiger partial charge in [0.2, 0.25) is 6.10 Å². The summed E-state index contributed by atoms with van der Waals surface area (Å²) in [7, 11) is 1.54. The number of methoxy groups -OCH3 is 1. The predicted octanol–water partition coefficient (Wildman–Crippen LogP) is 1.44. The molecule has 0 aliphatic heterocycles. The van der Waals surface area contributed by atoms with Gasteiger partial charge in [-0.25, -0.2) is 19.2 Å². The van der Waals surface area contributed by atoms with Crippen LogP contribution in [0.15, 0.2) is 12.7 Å². The Kier molecular flexibility index (Phi) is 18.8. The number of hydrogen-bond donors (Lipinski definition) is 1. The zero-order valence-electron chi connectivity index (χ0n) is 20.9. The summed E-state index contributed by atoms with van der Waals surface area (Å²) in [6, 6.07) is 0. The molecule has 0 aliphatic carbocycles. The number of carbonyl (C=O) groups excluding carboxylic acids is 4. The Balaban J connectivity index is 4.95. The number of aliphatic hydroxyl groups excluding tert-OH is 1. The molecule has 12 heteroatoms. The topological polar surface area (TPSA) is 144 Å². The van der Waals surface area contributed by atoms with Gasteiger partial charge in [0, 0.05) is 13.5 Å². The molecule has 0 saturated carbocycles. The molecule has 0 fully saturated rings. The highest BCUT2D eigenvalue weighted by molar-refractivity contribution is 7.99. The van der Waals surface area contributed by atoms with Crippen molar-refractivity contribution in [1.29, 1.82) is 0 Å². The summed E-state index contributed by atoms with van der Waals surface area (Å²) in [4.78, 5) is 49.0. The summed E-state index contributed by atoms with van der Waals surface area (Å²) in [5.41, 5.74) is 0. The molecular weight excluding hydrogens is 484 g/mol. The minimum absolute atomic E-state index is 0.0251. The van der Waals surface area contributed by atoms with Crippen molar-refractivity contribution < 1.29 is 52.7 Å². The van der Waals surface area contributed by atoms with E-state index in [-0.39, 0.29) is 26.1 Å². The normalized spacial score (nSPS) is 14.2. The number of aliphatic hydroxyl groups is 1. The van der Waals surface area contributed by atoms with Crippen LogP contribution in [0.25, 0.3) is 0 Å².